The monoisotopic (exact) mass is 153 g/mol. The van der Waals surface area contributed by atoms with E-state index in [1.165, 1.54) is 7.11 Å². The van der Waals surface area contributed by atoms with Crippen LogP contribution in [-0.4, -0.2) is 17.2 Å². The molecule has 1 rings (SSSR count). The number of rotatable bonds is 2. The first-order valence-corrected chi connectivity index (χ1v) is 3.50. The SMILES string of the molecule is CCc1nccc(OC)c1O. The minimum absolute atomic E-state index is 0.150. The average molecular weight is 153 g/mol. The number of aromatic nitrogens is 1. The summed E-state index contributed by atoms with van der Waals surface area (Å²) < 4.78 is 4.90. The molecule has 1 heterocycles. The van der Waals surface area contributed by atoms with Crippen LogP contribution < -0.4 is 4.74 Å². The van der Waals surface area contributed by atoms with Crippen molar-refractivity contribution in [2.24, 2.45) is 0 Å². The highest BCUT2D eigenvalue weighted by Crippen LogP contribution is 2.27. The number of ether oxygens (including phenoxy) is 1. The lowest BCUT2D eigenvalue weighted by Crippen LogP contribution is -1.90. The highest BCUT2D eigenvalue weighted by molar-refractivity contribution is 5.40. The molecule has 0 radical (unpaired) electrons. The van der Waals surface area contributed by atoms with Crippen LogP contribution in [0.25, 0.3) is 0 Å². The summed E-state index contributed by atoms with van der Waals surface area (Å²) in [6.07, 6.45) is 2.33. The fraction of sp³-hybridized carbons (Fsp3) is 0.375. The van der Waals surface area contributed by atoms with Crippen molar-refractivity contribution in [2.45, 2.75) is 13.3 Å². The second-order valence-corrected chi connectivity index (χ2v) is 2.16. The van der Waals surface area contributed by atoms with Gasteiger partial charge >= 0.3 is 0 Å². The predicted octanol–water partition coefficient (Wildman–Crippen LogP) is 1.36. The highest BCUT2D eigenvalue weighted by Gasteiger charge is 2.05. The Morgan fingerprint density at radius 1 is 1.64 bits per heavy atom. The second kappa shape index (κ2) is 3.23. The lowest BCUT2D eigenvalue weighted by atomic mass is 10.2. The van der Waals surface area contributed by atoms with Gasteiger partial charge in [-0.05, 0) is 6.42 Å². The average Bonchev–Trinajstić information content (AvgIpc) is 2.05. The molecule has 0 amide bonds. The van der Waals surface area contributed by atoms with E-state index in [0.29, 0.717) is 17.9 Å². The predicted molar refractivity (Wildman–Crippen MR) is 41.8 cm³/mol. The normalized spacial score (nSPS) is 9.64. The van der Waals surface area contributed by atoms with Gasteiger partial charge in [0, 0.05) is 12.3 Å². The number of hydrogen-bond donors (Lipinski definition) is 1. The van der Waals surface area contributed by atoms with E-state index in [1.54, 1.807) is 12.3 Å². The molecule has 0 atom stereocenters. The molecule has 0 saturated carbocycles. The van der Waals surface area contributed by atoms with E-state index in [4.69, 9.17) is 4.74 Å². The van der Waals surface area contributed by atoms with Crippen LogP contribution in [0.1, 0.15) is 12.6 Å². The number of hydrogen-bond acceptors (Lipinski definition) is 3. The van der Waals surface area contributed by atoms with Gasteiger partial charge in [0.15, 0.2) is 11.5 Å². The quantitative estimate of drug-likeness (QED) is 0.697. The molecule has 60 valence electrons. The summed E-state index contributed by atoms with van der Waals surface area (Å²) >= 11 is 0. The molecule has 1 aromatic rings. The topological polar surface area (TPSA) is 42.4 Å². The highest BCUT2D eigenvalue weighted by atomic mass is 16.5. The number of methoxy groups -OCH3 is 1. The van der Waals surface area contributed by atoms with Crippen molar-refractivity contribution in [3.8, 4) is 11.5 Å². The summed E-state index contributed by atoms with van der Waals surface area (Å²) in [5.41, 5.74) is 0.671. The van der Waals surface area contributed by atoms with Gasteiger partial charge in [-0.3, -0.25) is 4.98 Å². The van der Waals surface area contributed by atoms with Gasteiger partial charge in [-0.2, -0.15) is 0 Å². The Balaban J connectivity index is 3.10. The third kappa shape index (κ3) is 1.42. The zero-order valence-corrected chi connectivity index (χ0v) is 6.66. The number of aromatic hydroxyl groups is 1. The van der Waals surface area contributed by atoms with E-state index in [-0.39, 0.29) is 5.75 Å². The minimum Gasteiger partial charge on any atom is -0.503 e. The molecule has 0 aliphatic rings. The molecule has 3 heteroatoms. The Morgan fingerprint density at radius 3 is 2.91 bits per heavy atom. The fourth-order valence-electron chi connectivity index (χ4n) is 0.901. The van der Waals surface area contributed by atoms with Gasteiger partial charge in [0.05, 0.1) is 12.8 Å². The zero-order valence-electron chi connectivity index (χ0n) is 6.66. The van der Waals surface area contributed by atoms with Crippen molar-refractivity contribution in [1.29, 1.82) is 0 Å². The van der Waals surface area contributed by atoms with Gasteiger partial charge < -0.3 is 9.84 Å². The third-order valence-electron chi connectivity index (χ3n) is 1.52. The van der Waals surface area contributed by atoms with E-state index < -0.39 is 0 Å². The van der Waals surface area contributed by atoms with Gasteiger partial charge in [0.1, 0.15) is 0 Å². The smallest absolute Gasteiger partial charge is 0.179 e. The molecule has 1 aromatic heterocycles. The summed E-state index contributed by atoms with van der Waals surface area (Å²) in [6.45, 7) is 1.93. The van der Waals surface area contributed by atoms with Crippen molar-refractivity contribution in [2.75, 3.05) is 7.11 Å². The fourth-order valence-corrected chi connectivity index (χ4v) is 0.901. The molecule has 11 heavy (non-hydrogen) atoms. The summed E-state index contributed by atoms with van der Waals surface area (Å²) in [5.74, 6) is 0.634. The first-order valence-electron chi connectivity index (χ1n) is 3.50. The van der Waals surface area contributed by atoms with Gasteiger partial charge in [0.25, 0.3) is 0 Å². The molecule has 0 saturated heterocycles. The molecular weight excluding hydrogens is 142 g/mol. The van der Waals surface area contributed by atoms with Gasteiger partial charge in [-0.15, -0.1) is 0 Å². The zero-order chi connectivity index (χ0) is 8.27. The Labute approximate surface area is 65.7 Å². The lowest BCUT2D eigenvalue weighted by Gasteiger charge is -2.04. The first kappa shape index (κ1) is 7.85. The Hall–Kier alpha value is -1.25. The minimum atomic E-state index is 0.150. The lowest BCUT2D eigenvalue weighted by molar-refractivity contribution is 0.368. The van der Waals surface area contributed by atoms with Crippen LogP contribution in [0.15, 0.2) is 12.3 Å². The molecule has 0 bridgehead atoms. The molecule has 0 fully saturated rings. The van der Waals surface area contributed by atoms with Crippen LogP contribution >= 0.6 is 0 Å². The van der Waals surface area contributed by atoms with Gasteiger partial charge in [0.2, 0.25) is 0 Å². The summed E-state index contributed by atoms with van der Waals surface area (Å²) in [5, 5.41) is 9.40. The standard InChI is InChI=1S/C8H11NO2/c1-3-6-8(10)7(11-2)4-5-9-6/h4-5,10H,3H2,1-2H3. The van der Waals surface area contributed by atoms with Crippen LogP contribution in [0, 0.1) is 0 Å². The van der Waals surface area contributed by atoms with Crippen molar-refractivity contribution < 1.29 is 9.84 Å². The third-order valence-corrected chi connectivity index (χ3v) is 1.52. The molecule has 0 aromatic carbocycles. The maximum absolute atomic E-state index is 9.40. The van der Waals surface area contributed by atoms with Crippen molar-refractivity contribution in [3.63, 3.8) is 0 Å². The van der Waals surface area contributed by atoms with Crippen molar-refractivity contribution in [3.05, 3.63) is 18.0 Å². The van der Waals surface area contributed by atoms with E-state index in [2.05, 4.69) is 4.98 Å². The second-order valence-electron chi connectivity index (χ2n) is 2.16. The van der Waals surface area contributed by atoms with Gasteiger partial charge in [-0.25, -0.2) is 0 Å². The van der Waals surface area contributed by atoms with Gasteiger partial charge in [-0.1, -0.05) is 6.92 Å². The number of nitrogens with zero attached hydrogens (tertiary/aromatic N) is 1. The maximum Gasteiger partial charge on any atom is 0.179 e. The van der Waals surface area contributed by atoms with Crippen molar-refractivity contribution in [1.82, 2.24) is 4.98 Å². The van der Waals surface area contributed by atoms with Crippen LogP contribution in [0.2, 0.25) is 0 Å². The summed E-state index contributed by atoms with van der Waals surface area (Å²) in [6, 6.07) is 1.63. The van der Waals surface area contributed by atoms with E-state index in [0.717, 1.165) is 0 Å². The Morgan fingerprint density at radius 2 is 2.36 bits per heavy atom. The molecule has 0 spiro atoms. The van der Waals surface area contributed by atoms with E-state index in [9.17, 15) is 5.11 Å². The summed E-state index contributed by atoms with van der Waals surface area (Å²) in [4.78, 5) is 3.98. The number of pyridine rings is 1. The van der Waals surface area contributed by atoms with Crippen molar-refractivity contribution >= 4 is 0 Å². The molecule has 0 aliphatic carbocycles. The van der Waals surface area contributed by atoms with Crippen LogP contribution in [-0.2, 0) is 6.42 Å². The molecule has 1 N–H and O–H groups in total. The van der Waals surface area contributed by atoms with Crippen LogP contribution in [0.3, 0.4) is 0 Å². The number of aryl methyl sites for hydroxylation is 1. The van der Waals surface area contributed by atoms with Crippen LogP contribution in [0.5, 0.6) is 11.5 Å². The van der Waals surface area contributed by atoms with E-state index >= 15 is 0 Å². The molecule has 0 aliphatic heterocycles. The molecule has 3 nitrogen and oxygen atoms in total. The first-order chi connectivity index (χ1) is 5.29. The summed E-state index contributed by atoms with van der Waals surface area (Å²) in [7, 11) is 1.52. The maximum atomic E-state index is 9.40. The van der Waals surface area contributed by atoms with E-state index in [1.807, 2.05) is 6.92 Å². The Kier molecular flexibility index (Phi) is 2.31. The van der Waals surface area contributed by atoms with Crippen LogP contribution in [0.4, 0.5) is 0 Å². The molecular formula is C8H11NO2. The largest absolute Gasteiger partial charge is 0.503 e. The Bertz CT molecular complexity index is 226. The molecule has 0 unspecified atom stereocenters.